The van der Waals surface area contributed by atoms with E-state index in [4.69, 9.17) is 9.72 Å². The van der Waals surface area contributed by atoms with Crippen LogP contribution in [0.25, 0.3) is 27.6 Å². The number of nitrogens with zero attached hydrogens (tertiary/aromatic N) is 3. The molecule has 0 saturated carbocycles. The number of benzene rings is 1. The third-order valence-corrected chi connectivity index (χ3v) is 5.70. The van der Waals surface area contributed by atoms with E-state index in [1.54, 1.807) is 18.4 Å². The number of thiophene rings is 1. The Kier molecular flexibility index (Phi) is 3.81. The number of rotatable bonds is 3. The van der Waals surface area contributed by atoms with Gasteiger partial charge >= 0.3 is 0 Å². The topological polar surface area (TPSA) is 39.4 Å². The summed E-state index contributed by atoms with van der Waals surface area (Å²) in [5.41, 5.74) is 6.67. The lowest BCUT2D eigenvalue weighted by molar-refractivity contribution is 0.415. The van der Waals surface area contributed by atoms with Crippen molar-refractivity contribution in [1.82, 2.24) is 14.4 Å². The van der Waals surface area contributed by atoms with Gasteiger partial charge < -0.3 is 4.74 Å². The molecule has 4 nitrogen and oxygen atoms in total. The van der Waals surface area contributed by atoms with Crippen LogP contribution in [0.2, 0.25) is 0 Å². The molecule has 0 atom stereocenters. The van der Waals surface area contributed by atoms with Gasteiger partial charge in [-0.2, -0.15) is 0 Å². The van der Waals surface area contributed by atoms with Crippen LogP contribution in [0.4, 0.5) is 0 Å². The van der Waals surface area contributed by atoms with Crippen LogP contribution in [0.1, 0.15) is 16.8 Å². The predicted octanol–water partition coefficient (Wildman–Crippen LogP) is 5.06. The van der Waals surface area contributed by atoms with Crippen molar-refractivity contribution in [3.8, 4) is 27.6 Å². The first kappa shape index (κ1) is 15.8. The molecule has 0 bridgehead atoms. The van der Waals surface area contributed by atoms with Crippen LogP contribution in [-0.2, 0) is 0 Å². The van der Waals surface area contributed by atoms with E-state index in [1.807, 2.05) is 37.3 Å². The number of aromatic nitrogens is 3. The van der Waals surface area contributed by atoms with E-state index in [0.717, 1.165) is 34.2 Å². The van der Waals surface area contributed by atoms with Crippen molar-refractivity contribution >= 4 is 17.1 Å². The van der Waals surface area contributed by atoms with Crippen LogP contribution in [-0.4, -0.2) is 21.5 Å². The Morgan fingerprint density at radius 2 is 1.76 bits per heavy atom. The number of ether oxygens (including phenoxy) is 1. The number of hydrogen-bond donors (Lipinski definition) is 0. The predicted molar refractivity (Wildman–Crippen MR) is 102 cm³/mol. The molecule has 0 amide bonds. The Labute approximate surface area is 150 Å². The average Bonchev–Trinajstić information content (AvgIpc) is 3.15. The van der Waals surface area contributed by atoms with E-state index in [1.165, 1.54) is 16.0 Å². The molecule has 3 heterocycles. The Hall–Kier alpha value is -2.66. The SMILES string of the molecule is COc1ccc(-c2nc3nc(C)ccn3c2-c2scc(C)c2C)cc1. The molecule has 1 aromatic carbocycles. The largest absolute Gasteiger partial charge is 0.497 e. The smallest absolute Gasteiger partial charge is 0.235 e. The highest BCUT2D eigenvalue weighted by Crippen LogP contribution is 2.39. The first-order valence-electron chi connectivity index (χ1n) is 8.13. The van der Waals surface area contributed by atoms with Gasteiger partial charge in [0.2, 0.25) is 5.78 Å². The van der Waals surface area contributed by atoms with Gasteiger partial charge in [0.15, 0.2) is 0 Å². The maximum atomic E-state index is 5.28. The highest BCUT2D eigenvalue weighted by Gasteiger charge is 2.20. The molecule has 126 valence electrons. The summed E-state index contributed by atoms with van der Waals surface area (Å²) in [7, 11) is 1.68. The standard InChI is InChI=1S/C20H19N3OS/c1-12-11-25-19(14(12)3)18-17(15-5-7-16(24-4)8-6-15)22-20-21-13(2)9-10-23(18)20/h5-11H,1-4H3. The molecule has 0 aliphatic rings. The maximum absolute atomic E-state index is 5.28. The summed E-state index contributed by atoms with van der Waals surface area (Å²) in [4.78, 5) is 10.7. The summed E-state index contributed by atoms with van der Waals surface area (Å²) in [5.74, 6) is 1.57. The lowest BCUT2D eigenvalue weighted by Gasteiger charge is -2.06. The summed E-state index contributed by atoms with van der Waals surface area (Å²) in [6, 6.07) is 10.0. The van der Waals surface area contributed by atoms with E-state index >= 15 is 0 Å². The molecule has 4 aromatic rings. The second kappa shape index (κ2) is 6.01. The van der Waals surface area contributed by atoms with Gasteiger partial charge in [-0.25, -0.2) is 9.97 Å². The first-order chi connectivity index (χ1) is 12.1. The van der Waals surface area contributed by atoms with E-state index < -0.39 is 0 Å². The minimum atomic E-state index is 0.728. The fourth-order valence-corrected chi connectivity index (χ4v) is 4.04. The quantitative estimate of drug-likeness (QED) is 0.519. The molecule has 3 aromatic heterocycles. The van der Waals surface area contributed by atoms with Crippen molar-refractivity contribution in [2.24, 2.45) is 0 Å². The molecular weight excluding hydrogens is 330 g/mol. The van der Waals surface area contributed by atoms with Gasteiger partial charge in [0, 0.05) is 17.5 Å². The number of fused-ring (bicyclic) bond motifs is 1. The Morgan fingerprint density at radius 1 is 1.00 bits per heavy atom. The van der Waals surface area contributed by atoms with Crippen LogP contribution in [0.3, 0.4) is 0 Å². The molecule has 4 rings (SSSR count). The zero-order valence-electron chi connectivity index (χ0n) is 14.7. The van der Waals surface area contributed by atoms with E-state index in [-0.39, 0.29) is 0 Å². The van der Waals surface area contributed by atoms with E-state index in [9.17, 15) is 0 Å². The van der Waals surface area contributed by atoms with Crippen molar-refractivity contribution in [3.63, 3.8) is 0 Å². The molecule has 0 unspecified atom stereocenters. The summed E-state index contributed by atoms with van der Waals surface area (Å²) >= 11 is 1.76. The monoisotopic (exact) mass is 349 g/mol. The van der Waals surface area contributed by atoms with Crippen molar-refractivity contribution in [1.29, 1.82) is 0 Å². The van der Waals surface area contributed by atoms with Crippen LogP contribution >= 0.6 is 11.3 Å². The summed E-state index contributed by atoms with van der Waals surface area (Å²) in [6.07, 6.45) is 2.06. The molecule has 0 radical (unpaired) electrons. The zero-order chi connectivity index (χ0) is 17.6. The molecule has 0 spiro atoms. The van der Waals surface area contributed by atoms with Crippen LogP contribution in [0.15, 0.2) is 41.9 Å². The van der Waals surface area contributed by atoms with Gasteiger partial charge in [-0.1, -0.05) is 0 Å². The molecular formula is C20H19N3OS. The fourth-order valence-electron chi connectivity index (χ4n) is 2.92. The second-order valence-corrected chi connectivity index (χ2v) is 7.03. The summed E-state index contributed by atoms with van der Waals surface area (Å²) in [5, 5.41) is 2.20. The fraction of sp³-hybridized carbons (Fsp3) is 0.200. The van der Waals surface area contributed by atoms with Gasteiger partial charge in [-0.15, -0.1) is 11.3 Å². The third-order valence-electron chi connectivity index (χ3n) is 4.50. The number of aryl methyl sites for hydroxylation is 2. The third kappa shape index (κ3) is 2.61. The van der Waals surface area contributed by atoms with Crippen molar-refractivity contribution < 1.29 is 4.74 Å². The van der Waals surface area contributed by atoms with Gasteiger partial charge in [0.25, 0.3) is 0 Å². The molecule has 25 heavy (non-hydrogen) atoms. The molecule has 5 heteroatoms. The highest BCUT2D eigenvalue weighted by atomic mass is 32.1. The molecule has 0 N–H and O–H groups in total. The van der Waals surface area contributed by atoms with Crippen LogP contribution in [0.5, 0.6) is 5.75 Å². The first-order valence-corrected chi connectivity index (χ1v) is 9.01. The summed E-state index contributed by atoms with van der Waals surface area (Å²) in [6.45, 7) is 6.30. The Balaban J connectivity index is 2.02. The van der Waals surface area contributed by atoms with Crippen molar-refractivity contribution in [3.05, 3.63) is 58.7 Å². The minimum Gasteiger partial charge on any atom is -0.497 e. The Morgan fingerprint density at radius 3 is 2.40 bits per heavy atom. The lowest BCUT2D eigenvalue weighted by Crippen LogP contribution is -1.92. The van der Waals surface area contributed by atoms with Crippen molar-refractivity contribution in [2.75, 3.05) is 7.11 Å². The van der Waals surface area contributed by atoms with Crippen molar-refractivity contribution in [2.45, 2.75) is 20.8 Å². The Bertz CT molecular complexity index is 1060. The van der Waals surface area contributed by atoms with Gasteiger partial charge in [-0.05, 0) is 67.6 Å². The van der Waals surface area contributed by atoms with Crippen LogP contribution < -0.4 is 4.74 Å². The van der Waals surface area contributed by atoms with E-state index in [0.29, 0.717) is 0 Å². The summed E-state index contributed by atoms with van der Waals surface area (Å²) < 4.78 is 7.37. The second-order valence-electron chi connectivity index (χ2n) is 6.15. The molecule has 0 aliphatic carbocycles. The minimum absolute atomic E-state index is 0.728. The van der Waals surface area contributed by atoms with E-state index in [2.05, 4.69) is 34.8 Å². The van der Waals surface area contributed by atoms with Gasteiger partial charge in [-0.3, -0.25) is 4.40 Å². The average molecular weight is 349 g/mol. The number of imidazole rings is 1. The molecule has 0 saturated heterocycles. The van der Waals surface area contributed by atoms with Gasteiger partial charge in [0.05, 0.1) is 23.4 Å². The molecule has 0 fully saturated rings. The van der Waals surface area contributed by atoms with Crippen LogP contribution in [0, 0.1) is 20.8 Å². The zero-order valence-corrected chi connectivity index (χ0v) is 15.5. The number of hydrogen-bond acceptors (Lipinski definition) is 4. The highest BCUT2D eigenvalue weighted by molar-refractivity contribution is 7.14. The maximum Gasteiger partial charge on any atom is 0.235 e. The number of methoxy groups -OCH3 is 1. The lowest BCUT2D eigenvalue weighted by atomic mass is 10.1. The molecule has 0 aliphatic heterocycles. The normalized spacial score (nSPS) is 11.2. The van der Waals surface area contributed by atoms with Gasteiger partial charge in [0.1, 0.15) is 5.75 Å².